The first-order chi connectivity index (χ1) is 9.05. The summed E-state index contributed by atoms with van der Waals surface area (Å²) in [5, 5.41) is 19.6. The Morgan fingerprint density at radius 3 is 2.58 bits per heavy atom. The van der Waals surface area contributed by atoms with Gasteiger partial charge < -0.3 is 14.9 Å². The number of hydrogen-bond donors (Lipinski definition) is 2. The zero-order valence-electron chi connectivity index (χ0n) is 10.4. The number of phenols is 2. The molecule has 1 aromatic rings. The molecule has 1 fully saturated rings. The van der Waals surface area contributed by atoms with Crippen molar-refractivity contribution in [2.75, 3.05) is 7.11 Å². The van der Waals surface area contributed by atoms with Gasteiger partial charge in [-0.1, -0.05) is 12.8 Å². The molecule has 0 unspecified atom stereocenters. The second-order valence-corrected chi connectivity index (χ2v) is 4.58. The Morgan fingerprint density at radius 2 is 2.05 bits per heavy atom. The fraction of sp³-hybridized carbons (Fsp3) is 0.462. The molecule has 0 aliphatic heterocycles. The number of nitrogens with zero attached hydrogens (tertiary/aromatic N) is 1. The standard InChI is InChI=1S/C13H14FNO4/c1-19-9-6-8(17)12(18)10(11(9)14)13(15-7-16)4-2-3-5-13/h6,17-18H,2-5H2,1H3. The highest BCUT2D eigenvalue weighted by atomic mass is 19.1. The summed E-state index contributed by atoms with van der Waals surface area (Å²) in [5.41, 5.74) is -1.35. The average molecular weight is 267 g/mol. The monoisotopic (exact) mass is 267 g/mol. The number of isocyanates is 1. The molecule has 5 nitrogen and oxygen atoms in total. The van der Waals surface area contributed by atoms with Crippen molar-refractivity contribution >= 4 is 6.08 Å². The molecular weight excluding hydrogens is 253 g/mol. The van der Waals surface area contributed by atoms with E-state index in [9.17, 15) is 19.4 Å². The minimum atomic E-state index is -1.16. The number of aromatic hydroxyl groups is 2. The highest BCUT2D eigenvalue weighted by molar-refractivity contribution is 5.55. The molecule has 1 aliphatic rings. The lowest BCUT2D eigenvalue weighted by Gasteiger charge is -2.25. The summed E-state index contributed by atoms with van der Waals surface area (Å²) in [7, 11) is 1.25. The van der Waals surface area contributed by atoms with Crippen molar-refractivity contribution in [1.29, 1.82) is 0 Å². The fourth-order valence-corrected chi connectivity index (χ4v) is 2.65. The van der Waals surface area contributed by atoms with Crippen LogP contribution in [0.5, 0.6) is 17.2 Å². The van der Waals surface area contributed by atoms with Crippen molar-refractivity contribution in [3.05, 3.63) is 17.4 Å². The van der Waals surface area contributed by atoms with Crippen molar-refractivity contribution in [3.8, 4) is 17.2 Å². The van der Waals surface area contributed by atoms with Gasteiger partial charge in [-0.05, 0) is 12.8 Å². The first kappa shape index (κ1) is 13.4. The molecule has 0 amide bonds. The summed E-state index contributed by atoms with van der Waals surface area (Å²) in [4.78, 5) is 14.3. The van der Waals surface area contributed by atoms with E-state index in [4.69, 9.17) is 4.74 Å². The van der Waals surface area contributed by atoms with Gasteiger partial charge in [-0.25, -0.2) is 9.18 Å². The lowest BCUT2D eigenvalue weighted by molar-refractivity contribution is 0.334. The van der Waals surface area contributed by atoms with Gasteiger partial charge in [-0.15, -0.1) is 0 Å². The first-order valence-electron chi connectivity index (χ1n) is 5.93. The minimum Gasteiger partial charge on any atom is -0.504 e. The fourth-order valence-electron chi connectivity index (χ4n) is 2.65. The SMILES string of the molecule is COc1cc(O)c(O)c(C2(N=C=O)CCCC2)c1F. The van der Waals surface area contributed by atoms with Crippen LogP contribution in [-0.2, 0) is 10.3 Å². The Hall–Kier alpha value is -2.07. The van der Waals surface area contributed by atoms with Gasteiger partial charge in [-0.3, -0.25) is 0 Å². The predicted octanol–water partition coefficient (Wildman–Crippen LogP) is 2.35. The van der Waals surface area contributed by atoms with Gasteiger partial charge in [0.15, 0.2) is 23.1 Å². The van der Waals surface area contributed by atoms with Crippen LogP contribution in [0.25, 0.3) is 0 Å². The smallest absolute Gasteiger partial charge is 0.235 e. The zero-order chi connectivity index (χ0) is 14.0. The minimum absolute atomic E-state index is 0.190. The van der Waals surface area contributed by atoms with E-state index in [0.717, 1.165) is 18.9 Å². The molecule has 6 heteroatoms. The molecule has 0 spiro atoms. The number of carbonyl (C=O) groups excluding carboxylic acids is 1. The molecule has 102 valence electrons. The maximum atomic E-state index is 14.3. The number of halogens is 1. The molecule has 1 aromatic carbocycles. The topological polar surface area (TPSA) is 79.1 Å². The van der Waals surface area contributed by atoms with E-state index < -0.39 is 22.9 Å². The molecule has 19 heavy (non-hydrogen) atoms. The van der Waals surface area contributed by atoms with Crippen LogP contribution in [-0.4, -0.2) is 23.4 Å². The van der Waals surface area contributed by atoms with Crippen molar-refractivity contribution in [3.63, 3.8) is 0 Å². The largest absolute Gasteiger partial charge is 0.504 e. The van der Waals surface area contributed by atoms with Crippen LogP contribution in [0.2, 0.25) is 0 Å². The second kappa shape index (κ2) is 4.90. The van der Waals surface area contributed by atoms with Gasteiger partial charge in [0, 0.05) is 6.07 Å². The molecule has 1 saturated carbocycles. The number of hydrogen-bond acceptors (Lipinski definition) is 5. The Kier molecular flexibility index (Phi) is 3.44. The highest BCUT2D eigenvalue weighted by Crippen LogP contribution is 2.50. The first-order valence-corrected chi connectivity index (χ1v) is 5.93. The summed E-state index contributed by atoms with van der Waals surface area (Å²) in [6.45, 7) is 0. The van der Waals surface area contributed by atoms with Crippen LogP contribution < -0.4 is 4.74 Å². The van der Waals surface area contributed by atoms with E-state index in [1.807, 2.05) is 0 Å². The highest BCUT2D eigenvalue weighted by Gasteiger charge is 2.42. The lowest BCUT2D eigenvalue weighted by atomic mass is 9.87. The third-order valence-electron chi connectivity index (χ3n) is 3.56. The van der Waals surface area contributed by atoms with Gasteiger partial charge in [0.25, 0.3) is 0 Å². The van der Waals surface area contributed by atoms with E-state index in [1.165, 1.54) is 13.2 Å². The number of phenolic OH excluding ortho intramolecular Hbond substituents is 2. The van der Waals surface area contributed by atoms with Crippen LogP contribution in [0.4, 0.5) is 4.39 Å². The third-order valence-corrected chi connectivity index (χ3v) is 3.56. The molecule has 1 aliphatic carbocycles. The van der Waals surface area contributed by atoms with Crippen LogP contribution in [0.3, 0.4) is 0 Å². The van der Waals surface area contributed by atoms with Crippen molar-refractivity contribution in [2.24, 2.45) is 4.99 Å². The molecule has 0 atom stereocenters. The summed E-state index contributed by atoms with van der Waals surface area (Å²) in [6.07, 6.45) is 3.77. The Labute approximate surface area is 109 Å². The maximum Gasteiger partial charge on any atom is 0.235 e. The van der Waals surface area contributed by atoms with E-state index in [2.05, 4.69) is 4.99 Å². The van der Waals surface area contributed by atoms with Crippen LogP contribution in [0.15, 0.2) is 11.1 Å². The number of rotatable bonds is 3. The molecule has 0 radical (unpaired) electrons. The Morgan fingerprint density at radius 1 is 1.42 bits per heavy atom. The summed E-state index contributed by atoms with van der Waals surface area (Å²) >= 11 is 0. The maximum absolute atomic E-state index is 14.3. The van der Waals surface area contributed by atoms with E-state index in [1.54, 1.807) is 0 Å². The normalized spacial score (nSPS) is 16.9. The third kappa shape index (κ3) is 2.04. The second-order valence-electron chi connectivity index (χ2n) is 4.58. The summed E-state index contributed by atoms with van der Waals surface area (Å²) in [6, 6.07) is 0.988. The molecule has 0 aromatic heterocycles. The summed E-state index contributed by atoms with van der Waals surface area (Å²) in [5.74, 6) is -2.10. The van der Waals surface area contributed by atoms with Gasteiger partial charge in [0.1, 0.15) is 5.54 Å². The lowest BCUT2D eigenvalue weighted by Crippen LogP contribution is -2.21. The molecule has 2 N–H and O–H groups in total. The molecule has 0 heterocycles. The van der Waals surface area contributed by atoms with E-state index >= 15 is 0 Å². The van der Waals surface area contributed by atoms with E-state index in [-0.39, 0.29) is 11.3 Å². The number of aliphatic imine (C=N–C) groups is 1. The number of methoxy groups -OCH3 is 1. The van der Waals surface area contributed by atoms with Gasteiger partial charge in [0.2, 0.25) is 6.08 Å². The van der Waals surface area contributed by atoms with Crippen LogP contribution in [0, 0.1) is 5.82 Å². The van der Waals surface area contributed by atoms with Crippen molar-refractivity contribution in [2.45, 2.75) is 31.2 Å². The van der Waals surface area contributed by atoms with Gasteiger partial charge >= 0.3 is 0 Å². The van der Waals surface area contributed by atoms with Crippen LogP contribution >= 0.6 is 0 Å². The molecule has 0 bridgehead atoms. The molecule has 0 saturated heterocycles. The van der Waals surface area contributed by atoms with Gasteiger partial charge in [-0.2, -0.15) is 4.99 Å². The Bertz CT molecular complexity index is 546. The Balaban J connectivity index is 2.72. The summed E-state index contributed by atoms with van der Waals surface area (Å²) < 4.78 is 19.2. The van der Waals surface area contributed by atoms with Gasteiger partial charge in [0.05, 0.1) is 12.7 Å². The molecular formula is C13H14FNO4. The van der Waals surface area contributed by atoms with E-state index in [0.29, 0.717) is 12.8 Å². The van der Waals surface area contributed by atoms with Crippen LogP contribution in [0.1, 0.15) is 31.2 Å². The molecule has 2 rings (SSSR count). The van der Waals surface area contributed by atoms with Crippen molar-refractivity contribution < 1.29 is 24.1 Å². The van der Waals surface area contributed by atoms with Crippen molar-refractivity contribution in [1.82, 2.24) is 0 Å². The zero-order valence-corrected chi connectivity index (χ0v) is 10.4. The number of ether oxygens (including phenoxy) is 1. The number of benzene rings is 1. The average Bonchev–Trinajstić information content (AvgIpc) is 2.84. The quantitative estimate of drug-likeness (QED) is 0.500. The predicted molar refractivity (Wildman–Crippen MR) is 64.5 cm³/mol.